The smallest absolute Gasteiger partial charge is 0.307 e. The minimum Gasteiger partial charge on any atom is -0.494 e. The largest absolute Gasteiger partial charge is 0.494 e. The summed E-state index contributed by atoms with van der Waals surface area (Å²) in [6.45, 7) is 3.17. The molecule has 0 radical (unpaired) electrons. The van der Waals surface area contributed by atoms with Crippen LogP contribution in [0.1, 0.15) is 18.9 Å². The van der Waals surface area contributed by atoms with Crippen molar-refractivity contribution in [1.29, 1.82) is 0 Å². The Hall–Kier alpha value is -3.56. The van der Waals surface area contributed by atoms with E-state index in [0.717, 1.165) is 12.2 Å². The van der Waals surface area contributed by atoms with E-state index < -0.39 is 15.8 Å². The molecule has 0 aliphatic carbocycles. The van der Waals surface area contributed by atoms with E-state index in [1.165, 1.54) is 37.4 Å². The highest BCUT2D eigenvalue weighted by molar-refractivity contribution is 7.91. The molecule has 0 saturated heterocycles. The maximum absolute atomic E-state index is 13.3. The van der Waals surface area contributed by atoms with Gasteiger partial charge < -0.3 is 24.1 Å². The maximum atomic E-state index is 13.3. The van der Waals surface area contributed by atoms with Gasteiger partial charge in [-0.1, -0.05) is 6.92 Å². The molecule has 3 aromatic carbocycles. The number of rotatable bonds is 13. The molecule has 0 fully saturated rings. The Labute approximate surface area is 205 Å². The average Bonchev–Trinajstić information content (AvgIpc) is 2.83. The van der Waals surface area contributed by atoms with E-state index in [1.807, 2.05) is 6.92 Å². The molecular weight excluding hydrogens is 472 g/mol. The second-order valence-corrected chi connectivity index (χ2v) is 9.57. The lowest BCUT2D eigenvalue weighted by atomic mass is 10.1. The first-order valence-electron chi connectivity index (χ1n) is 11.0. The zero-order chi connectivity index (χ0) is 25.3. The molecule has 0 unspecified atom stereocenters. The van der Waals surface area contributed by atoms with Crippen molar-refractivity contribution in [1.82, 2.24) is 0 Å². The molecule has 0 saturated carbocycles. The van der Waals surface area contributed by atoms with E-state index in [4.69, 9.17) is 24.1 Å². The SMILES string of the molecule is CCCOc1ccc(Oc2ccc(S(=O)(=O)c3cc(CC(=O)O)cc(OCCOC)c3)cc2)cc1. The third-order valence-electron chi connectivity index (χ3n) is 4.83. The van der Waals surface area contributed by atoms with Crippen LogP contribution in [0, 0.1) is 0 Å². The van der Waals surface area contributed by atoms with Gasteiger partial charge in [0.05, 0.1) is 29.4 Å². The summed E-state index contributed by atoms with van der Waals surface area (Å²) < 4.78 is 48.4. The van der Waals surface area contributed by atoms with Crippen molar-refractivity contribution in [3.8, 4) is 23.0 Å². The molecule has 3 aromatic rings. The molecule has 0 atom stereocenters. The van der Waals surface area contributed by atoms with Crippen molar-refractivity contribution >= 4 is 15.8 Å². The number of methoxy groups -OCH3 is 1. The first-order valence-corrected chi connectivity index (χ1v) is 12.5. The lowest BCUT2D eigenvalue weighted by molar-refractivity contribution is -0.136. The standard InChI is InChI=1S/C26H28O8S/c1-3-12-32-20-4-6-21(7-5-20)34-22-8-10-24(11-9-22)35(29,30)25-16-19(17-26(27)28)15-23(18-25)33-14-13-31-2/h4-11,15-16,18H,3,12-14,17H2,1-2H3,(H,27,28). The van der Waals surface area contributed by atoms with Gasteiger partial charge in [0.15, 0.2) is 0 Å². The van der Waals surface area contributed by atoms with Gasteiger partial charge in [-0.3, -0.25) is 4.79 Å². The highest BCUT2D eigenvalue weighted by atomic mass is 32.2. The van der Waals surface area contributed by atoms with Crippen molar-refractivity contribution in [3.63, 3.8) is 0 Å². The monoisotopic (exact) mass is 500 g/mol. The highest BCUT2D eigenvalue weighted by Crippen LogP contribution is 2.29. The minimum atomic E-state index is -3.93. The molecule has 8 nitrogen and oxygen atoms in total. The summed E-state index contributed by atoms with van der Waals surface area (Å²) in [5, 5.41) is 9.16. The molecule has 0 heterocycles. The average molecular weight is 501 g/mol. The third kappa shape index (κ3) is 7.46. The Morgan fingerprint density at radius 2 is 1.37 bits per heavy atom. The van der Waals surface area contributed by atoms with Crippen LogP contribution in [0.15, 0.2) is 76.5 Å². The molecule has 0 bridgehead atoms. The second-order valence-electron chi connectivity index (χ2n) is 7.62. The number of sulfone groups is 1. The first-order chi connectivity index (χ1) is 16.8. The quantitative estimate of drug-likeness (QED) is 0.335. The van der Waals surface area contributed by atoms with Crippen LogP contribution in [0.25, 0.3) is 0 Å². The number of carboxylic acids is 1. The summed E-state index contributed by atoms with van der Waals surface area (Å²) in [5.41, 5.74) is 0.317. The van der Waals surface area contributed by atoms with Gasteiger partial charge in [-0.05, 0) is 78.7 Å². The lowest BCUT2D eigenvalue weighted by Crippen LogP contribution is -2.08. The van der Waals surface area contributed by atoms with Gasteiger partial charge in [-0.15, -0.1) is 0 Å². The van der Waals surface area contributed by atoms with Crippen LogP contribution in [0.2, 0.25) is 0 Å². The summed E-state index contributed by atoms with van der Waals surface area (Å²) >= 11 is 0. The van der Waals surface area contributed by atoms with E-state index in [-0.39, 0.29) is 28.6 Å². The summed E-state index contributed by atoms with van der Waals surface area (Å²) in [6, 6.07) is 17.4. The highest BCUT2D eigenvalue weighted by Gasteiger charge is 2.20. The van der Waals surface area contributed by atoms with Gasteiger partial charge in [0, 0.05) is 7.11 Å². The van der Waals surface area contributed by atoms with Gasteiger partial charge in [0.2, 0.25) is 9.84 Å². The van der Waals surface area contributed by atoms with Crippen LogP contribution < -0.4 is 14.2 Å². The van der Waals surface area contributed by atoms with Crippen molar-refractivity contribution in [2.45, 2.75) is 29.6 Å². The molecule has 0 aliphatic rings. The van der Waals surface area contributed by atoms with E-state index >= 15 is 0 Å². The molecule has 0 amide bonds. The van der Waals surface area contributed by atoms with E-state index in [0.29, 0.717) is 30.3 Å². The van der Waals surface area contributed by atoms with Crippen LogP contribution in [0.4, 0.5) is 0 Å². The summed E-state index contributed by atoms with van der Waals surface area (Å²) in [4.78, 5) is 11.2. The van der Waals surface area contributed by atoms with E-state index in [1.54, 1.807) is 36.4 Å². The van der Waals surface area contributed by atoms with Crippen LogP contribution in [0.5, 0.6) is 23.0 Å². The minimum absolute atomic E-state index is 0.0449. The topological polar surface area (TPSA) is 108 Å². The fraction of sp³-hybridized carbons (Fsp3) is 0.269. The van der Waals surface area contributed by atoms with Crippen molar-refractivity contribution in [2.24, 2.45) is 0 Å². The molecule has 9 heteroatoms. The molecule has 186 valence electrons. The van der Waals surface area contributed by atoms with Crippen molar-refractivity contribution in [2.75, 3.05) is 26.9 Å². The Balaban J connectivity index is 1.79. The van der Waals surface area contributed by atoms with Gasteiger partial charge in [0.1, 0.15) is 29.6 Å². The van der Waals surface area contributed by atoms with Gasteiger partial charge in [-0.2, -0.15) is 0 Å². The molecular formula is C26H28O8S. The number of hydrogen-bond donors (Lipinski definition) is 1. The Morgan fingerprint density at radius 3 is 1.97 bits per heavy atom. The zero-order valence-electron chi connectivity index (χ0n) is 19.6. The zero-order valence-corrected chi connectivity index (χ0v) is 20.4. The summed E-state index contributed by atoms with van der Waals surface area (Å²) in [5.74, 6) is 0.981. The molecule has 1 N–H and O–H groups in total. The number of benzene rings is 3. The van der Waals surface area contributed by atoms with Crippen LogP contribution in [-0.2, 0) is 25.8 Å². The maximum Gasteiger partial charge on any atom is 0.307 e. The fourth-order valence-corrected chi connectivity index (χ4v) is 4.52. The molecule has 0 spiro atoms. The molecule has 0 aliphatic heterocycles. The molecule has 3 rings (SSSR count). The van der Waals surface area contributed by atoms with Gasteiger partial charge >= 0.3 is 5.97 Å². The van der Waals surface area contributed by atoms with E-state index in [9.17, 15) is 13.2 Å². The predicted octanol–water partition coefficient (Wildman–Crippen LogP) is 4.75. The Kier molecular flexibility index (Phi) is 9.11. The number of ether oxygens (including phenoxy) is 4. The fourth-order valence-electron chi connectivity index (χ4n) is 3.17. The molecule has 0 aromatic heterocycles. The Bertz CT molecular complexity index is 1220. The number of aliphatic carboxylic acids is 1. The summed E-state index contributed by atoms with van der Waals surface area (Å²) in [6.07, 6.45) is 0.582. The number of carbonyl (C=O) groups is 1. The lowest BCUT2D eigenvalue weighted by Gasteiger charge is -2.12. The van der Waals surface area contributed by atoms with Gasteiger partial charge in [-0.25, -0.2) is 8.42 Å². The predicted molar refractivity (Wildman–Crippen MR) is 129 cm³/mol. The van der Waals surface area contributed by atoms with Crippen LogP contribution in [-0.4, -0.2) is 46.4 Å². The van der Waals surface area contributed by atoms with Gasteiger partial charge in [0.25, 0.3) is 0 Å². The normalized spacial score (nSPS) is 11.1. The number of hydrogen-bond acceptors (Lipinski definition) is 7. The number of carboxylic acid groups (broad SMARTS) is 1. The first kappa shape index (κ1) is 26.1. The second kappa shape index (κ2) is 12.2. The van der Waals surface area contributed by atoms with Crippen molar-refractivity contribution in [3.05, 3.63) is 72.3 Å². The third-order valence-corrected chi connectivity index (χ3v) is 6.58. The van der Waals surface area contributed by atoms with Crippen LogP contribution >= 0.6 is 0 Å². The Morgan fingerprint density at radius 1 is 0.771 bits per heavy atom. The van der Waals surface area contributed by atoms with Crippen LogP contribution in [0.3, 0.4) is 0 Å². The van der Waals surface area contributed by atoms with Crippen molar-refractivity contribution < 1.29 is 37.3 Å². The summed E-state index contributed by atoms with van der Waals surface area (Å²) in [7, 11) is -2.41. The van der Waals surface area contributed by atoms with E-state index in [2.05, 4.69) is 0 Å². The molecule has 35 heavy (non-hydrogen) atoms.